The van der Waals surface area contributed by atoms with Gasteiger partial charge in [0.2, 0.25) is 6.33 Å². The summed E-state index contributed by atoms with van der Waals surface area (Å²) in [6.07, 6.45) is 2.72. The van der Waals surface area contributed by atoms with E-state index in [4.69, 9.17) is 16.0 Å². The van der Waals surface area contributed by atoms with Crippen molar-refractivity contribution in [2.45, 2.75) is 6.04 Å². The summed E-state index contributed by atoms with van der Waals surface area (Å²) in [7, 11) is 1.97. The maximum Gasteiger partial charge on any atom is 0.200 e. The molecule has 1 N–H and O–H groups in total. The third-order valence-corrected chi connectivity index (χ3v) is 3.97. The van der Waals surface area contributed by atoms with Crippen LogP contribution < -0.4 is 10.2 Å². The monoisotopic (exact) mass is 287 g/mol. The molecule has 0 spiro atoms. The molecule has 1 aliphatic heterocycles. The van der Waals surface area contributed by atoms with Crippen LogP contribution in [0.4, 0.5) is 5.82 Å². The summed E-state index contributed by atoms with van der Waals surface area (Å²) < 4.78 is 5.90. The van der Waals surface area contributed by atoms with Gasteiger partial charge in [0.25, 0.3) is 0 Å². The first-order valence-corrected chi connectivity index (χ1v) is 6.82. The van der Waals surface area contributed by atoms with Crippen molar-refractivity contribution in [2.75, 3.05) is 25.0 Å². The molecule has 1 aliphatic rings. The van der Waals surface area contributed by atoms with Crippen LogP contribution in [0, 0.1) is 6.33 Å². The molecule has 0 unspecified atom stereocenters. The van der Waals surface area contributed by atoms with Gasteiger partial charge in [-0.05, 0) is 25.2 Å². The van der Waals surface area contributed by atoms with Crippen LogP contribution >= 0.6 is 11.6 Å². The molecule has 0 atom stereocenters. The van der Waals surface area contributed by atoms with Gasteiger partial charge in [-0.1, -0.05) is 11.6 Å². The largest absolute Gasteiger partial charge is 0.450 e. The molecule has 1 aromatic carbocycles. The Balaban J connectivity index is 1.88. The smallest absolute Gasteiger partial charge is 0.200 e. The summed E-state index contributed by atoms with van der Waals surface area (Å²) in [6.45, 7) is 1.82. The molecule has 3 aromatic rings. The van der Waals surface area contributed by atoms with E-state index < -0.39 is 0 Å². The second-order valence-corrected chi connectivity index (χ2v) is 5.39. The van der Waals surface area contributed by atoms with E-state index in [0.29, 0.717) is 16.6 Å². The van der Waals surface area contributed by atoms with Crippen molar-refractivity contribution in [3.63, 3.8) is 0 Å². The number of nitrogens with one attached hydrogen (secondary N) is 1. The number of furan rings is 1. The van der Waals surface area contributed by atoms with E-state index >= 15 is 0 Å². The highest BCUT2D eigenvalue weighted by Crippen LogP contribution is 2.34. The maximum absolute atomic E-state index is 6.04. The van der Waals surface area contributed by atoms with Crippen LogP contribution in [0.5, 0.6) is 0 Å². The lowest BCUT2D eigenvalue weighted by Gasteiger charge is -2.39. The number of hydrogen-bond acceptors (Lipinski definition) is 5. The Morgan fingerprint density at radius 2 is 2.25 bits per heavy atom. The van der Waals surface area contributed by atoms with E-state index in [1.807, 2.05) is 25.2 Å². The lowest BCUT2D eigenvalue weighted by molar-refractivity contribution is 0.446. The van der Waals surface area contributed by atoms with Gasteiger partial charge in [-0.15, -0.1) is 0 Å². The van der Waals surface area contributed by atoms with Gasteiger partial charge in [0.15, 0.2) is 11.4 Å². The molecule has 0 bridgehead atoms. The molecule has 1 fully saturated rings. The van der Waals surface area contributed by atoms with Crippen molar-refractivity contribution in [1.82, 2.24) is 15.3 Å². The van der Waals surface area contributed by atoms with E-state index in [2.05, 4.69) is 26.5 Å². The maximum atomic E-state index is 6.04. The standard InChI is InChI=1S/C14H12ClN4O/c1-16-9-5-19(6-9)14-13-12(17-7-18-14)10-4-8(15)2-3-11(10)20-13/h2-4,9,16H,5-6H2,1H3. The molecule has 6 heteroatoms. The number of halogens is 1. The van der Waals surface area contributed by atoms with Gasteiger partial charge in [-0.25, -0.2) is 9.97 Å². The van der Waals surface area contributed by atoms with E-state index in [1.54, 1.807) is 0 Å². The number of anilines is 1. The number of rotatable bonds is 2. The highest BCUT2D eigenvalue weighted by Gasteiger charge is 2.29. The lowest BCUT2D eigenvalue weighted by Crippen LogP contribution is -2.57. The number of aromatic nitrogens is 2. The average molecular weight is 288 g/mol. The highest BCUT2D eigenvalue weighted by atomic mass is 35.5. The minimum absolute atomic E-state index is 0.499. The third-order valence-electron chi connectivity index (χ3n) is 3.73. The van der Waals surface area contributed by atoms with Gasteiger partial charge in [-0.2, -0.15) is 0 Å². The average Bonchev–Trinajstić information content (AvgIpc) is 2.76. The van der Waals surface area contributed by atoms with Crippen molar-refractivity contribution < 1.29 is 4.42 Å². The van der Waals surface area contributed by atoms with Gasteiger partial charge in [-0.3, -0.25) is 0 Å². The molecule has 0 aliphatic carbocycles. The predicted molar refractivity (Wildman–Crippen MR) is 78.2 cm³/mol. The first-order valence-electron chi connectivity index (χ1n) is 6.44. The van der Waals surface area contributed by atoms with Gasteiger partial charge in [0.05, 0.1) is 0 Å². The van der Waals surface area contributed by atoms with Crippen molar-refractivity contribution in [1.29, 1.82) is 0 Å². The molecule has 1 saturated heterocycles. The summed E-state index contributed by atoms with van der Waals surface area (Å²) in [4.78, 5) is 10.6. The zero-order valence-electron chi connectivity index (χ0n) is 10.9. The van der Waals surface area contributed by atoms with Gasteiger partial charge >= 0.3 is 0 Å². The van der Waals surface area contributed by atoms with Crippen LogP contribution in [0.3, 0.4) is 0 Å². The minimum Gasteiger partial charge on any atom is -0.450 e. The zero-order valence-corrected chi connectivity index (χ0v) is 11.6. The number of hydrogen-bond donors (Lipinski definition) is 1. The number of benzene rings is 1. The fourth-order valence-corrected chi connectivity index (χ4v) is 2.71. The first kappa shape index (κ1) is 11.9. The van der Waals surface area contributed by atoms with Gasteiger partial charge in [0, 0.05) is 29.5 Å². The van der Waals surface area contributed by atoms with Crippen molar-refractivity contribution in [3.8, 4) is 0 Å². The van der Waals surface area contributed by atoms with Crippen LogP contribution in [0.1, 0.15) is 0 Å². The molecule has 20 heavy (non-hydrogen) atoms. The second kappa shape index (κ2) is 4.33. The molecular formula is C14H12ClN4O. The number of nitrogens with zero attached hydrogens (tertiary/aromatic N) is 3. The summed E-state index contributed by atoms with van der Waals surface area (Å²) in [5, 5.41) is 4.81. The summed E-state index contributed by atoms with van der Waals surface area (Å²) in [6, 6.07) is 6.03. The molecule has 5 nitrogen and oxygen atoms in total. The van der Waals surface area contributed by atoms with E-state index in [-0.39, 0.29) is 0 Å². The Morgan fingerprint density at radius 3 is 3.05 bits per heavy atom. The number of likely N-dealkylation sites (N-methyl/N-ethyl adjacent to an activating group) is 1. The summed E-state index contributed by atoms with van der Waals surface area (Å²) in [5.74, 6) is 0.800. The van der Waals surface area contributed by atoms with Crippen molar-refractivity contribution in [3.05, 3.63) is 29.5 Å². The quantitative estimate of drug-likeness (QED) is 0.783. The van der Waals surface area contributed by atoms with E-state index in [1.165, 1.54) is 0 Å². The Hall–Kier alpha value is -1.85. The fraction of sp³-hybridized carbons (Fsp3) is 0.286. The highest BCUT2D eigenvalue weighted by molar-refractivity contribution is 6.31. The van der Waals surface area contributed by atoms with Gasteiger partial charge in [0.1, 0.15) is 11.1 Å². The molecule has 0 amide bonds. The Morgan fingerprint density at radius 1 is 1.40 bits per heavy atom. The zero-order chi connectivity index (χ0) is 13.7. The molecule has 2 aromatic heterocycles. The summed E-state index contributed by atoms with van der Waals surface area (Å²) in [5.41, 5.74) is 2.24. The van der Waals surface area contributed by atoms with E-state index in [0.717, 1.165) is 35.4 Å². The third kappa shape index (κ3) is 1.67. The predicted octanol–water partition coefficient (Wildman–Crippen LogP) is 2.24. The van der Waals surface area contributed by atoms with Crippen molar-refractivity contribution in [2.24, 2.45) is 0 Å². The molecule has 0 saturated carbocycles. The molecule has 101 valence electrons. The minimum atomic E-state index is 0.499. The Labute approximate surface area is 120 Å². The lowest BCUT2D eigenvalue weighted by atomic mass is 10.1. The van der Waals surface area contributed by atoms with Crippen LogP contribution in [-0.2, 0) is 0 Å². The fourth-order valence-electron chi connectivity index (χ4n) is 2.54. The Kier molecular flexibility index (Phi) is 2.58. The first-order chi connectivity index (χ1) is 9.76. The molecule has 3 heterocycles. The van der Waals surface area contributed by atoms with Crippen LogP contribution in [-0.4, -0.2) is 36.1 Å². The topological polar surface area (TPSA) is 54.2 Å². The van der Waals surface area contributed by atoms with Gasteiger partial charge < -0.3 is 14.6 Å². The van der Waals surface area contributed by atoms with Crippen LogP contribution in [0.2, 0.25) is 5.02 Å². The molecule has 1 radical (unpaired) electrons. The number of fused-ring (bicyclic) bond motifs is 3. The normalized spacial score (nSPS) is 16.0. The molecule has 4 rings (SSSR count). The Bertz CT molecular complexity index is 794. The van der Waals surface area contributed by atoms with E-state index in [9.17, 15) is 0 Å². The van der Waals surface area contributed by atoms with Crippen LogP contribution in [0.15, 0.2) is 22.6 Å². The summed E-state index contributed by atoms with van der Waals surface area (Å²) >= 11 is 6.04. The molecular weight excluding hydrogens is 276 g/mol. The second-order valence-electron chi connectivity index (χ2n) is 4.96. The SMILES string of the molecule is CNC1CN(c2n[c]nc3c2oc2ccc(Cl)cc23)C1. The van der Waals surface area contributed by atoms with Crippen molar-refractivity contribution >= 4 is 39.5 Å². The van der Waals surface area contributed by atoms with Crippen LogP contribution in [0.25, 0.3) is 22.1 Å².